The molecule has 114 valence electrons. The van der Waals surface area contributed by atoms with Crippen molar-refractivity contribution < 1.29 is 5.11 Å². The maximum absolute atomic E-state index is 10.2. The summed E-state index contributed by atoms with van der Waals surface area (Å²) >= 11 is 6.17. The Morgan fingerprint density at radius 3 is 2.77 bits per heavy atom. The molecule has 1 N–H and O–H groups in total. The SMILES string of the molecule is CN1CCc2cc(Cl)c(O)cc2C2(CCc3ccccc32)C1. The number of aromatic hydroxyl groups is 1. The minimum absolute atomic E-state index is 0.0146. The van der Waals surface area contributed by atoms with Crippen LogP contribution in [0.2, 0.25) is 5.02 Å². The van der Waals surface area contributed by atoms with E-state index in [0.29, 0.717) is 5.02 Å². The van der Waals surface area contributed by atoms with E-state index in [2.05, 4.69) is 36.2 Å². The number of phenolic OH excluding ortho intramolecular Hbond substituents is 1. The van der Waals surface area contributed by atoms with Crippen LogP contribution in [0.4, 0.5) is 0 Å². The zero-order valence-electron chi connectivity index (χ0n) is 12.8. The molecule has 0 aromatic heterocycles. The lowest BCUT2D eigenvalue weighted by Gasteiger charge is -2.34. The monoisotopic (exact) mass is 313 g/mol. The molecular weight excluding hydrogens is 294 g/mol. The van der Waals surface area contributed by atoms with Gasteiger partial charge in [-0.1, -0.05) is 35.9 Å². The molecule has 0 bridgehead atoms. The van der Waals surface area contributed by atoms with Crippen molar-refractivity contribution in [2.45, 2.75) is 24.7 Å². The number of rotatable bonds is 0. The molecule has 2 nitrogen and oxygen atoms in total. The van der Waals surface area contributed by atoms with Gasteiger partial charge in [0.25, 0.3) is 0 Å². The molecule has 3 heteroatoms. The highest BCUT2D eigenvalue weighted by Crippen LogP contribution is 2.48. The van der Waals surface area contributed by atoms with Crippen molar-refractivity contribution in [3.8, 4) is 5.75 Å². The summed E-state index contributed by atoms with van der Waals surface area (Å²) in [5, 5.41) is 10.6. The number of halogens is 1. The van der Waals surface area contributed by atoms with Crippen molar-refractivity contribution in [3.05, 3.63) is 63.7 Å². The number of fused-ring (bicyclic) bond motifs is 4. The van der Waals surface area contributed by atoms with Gasteiger partial charge in [-0.2, -0.15) is 0 Å². The van der Waals surface area contributed by atoms with Crippen molar-refractivity contribution in [1.82, 2.24) is 4.90 Å². The molecule has 1 aliphatic heterocycles. The standard InChI is InChI=1S/C19H20ClNO/c1-21-9-7-14-10-17(20)18(22)11-16(14)19(12-21)8-6-13-4-2-3-5-15(13)19/h2-5,10-11,22H,6-9,12H2,1H3. The minimum atomic E-state index is -0.0146. The van der Waals surface area contributed by atoms with Gasteiger partial charge in [-0.05, 0) is 60.7 Å². The molecule has 1 atom stereocenters. The van der Waals surface area contributed by atoms with Gasteiger partial charge in [-0.3, -0.25) is 0 Å². The summed E-state index contributed by atoms with van der Waals surface area (Å²) in [5.74, 6) is 0.203. The summed E-state index contributed by atoms with van der Waals surface area (Å²) in [5.41, 5.74) is 5.40. The van der Waals surface area contributed by atoms with E-state index in [1.807, 2.05) is 12.1 Å². The molecule has 1 aliphatic carbocycles. The fraction of sp³-hybridized carbons (Fsp3) is 0.368. The van der Waals surface area contributed by atoms with Gasteiger partial charge in [0.2, 0.25) is 0 Å². The van der Waals surface area contributed by atoms with E-state index in [0.717, 1.165) is 32.4 Å². The molecule has 2 aromatic rings. The van der Waals surface area contributed by atoms with Crippen LogP contribution < -0.4 is 0 Å². The zero-order chi connectivity index (χ0) is 15.3. The second-order valence-electron chi connectivity index (χ2n) is 6.69. The lowest BCUT2D eigenvalue weighted by Crippen LogP contribution is -2.37. The molecule has 0 saturated carbocycles. The molecule has 1 unspecified atom stereocenters. The van der Waals surface area contributed by atoms with E-state index in [1.54, 1.807) is 0 Å². The Hall–Kier alpha value is -1.51. The van der Waals surface area contributed by atoms with Crippen LogP contribution in [0.5, 0.6) is 5.75 Å². The summed E-state index contributed by atoms with van der Waals surface area (Å²) in [6.45, 7) is 2.02. The minimum Gasteiger partial charge on any atom is -0.506 e. The molecule has 1 heterocycles. The Labute approximate surface area is 136 Å². The molecule has 0 amide bonds. The molecule has 0 radical (unpaired) electrons. The van der Waals surface area contributed by atoms with Gasteiger partial charge in [0.1, 0.15) is 5.75 Å². The number of nitrogens with zero attached hydrogens (tertiary/aromatic N) is 1. The first-order valence-electron chi connectivity index (χ1n) is 7.89. The normalized spacial score (nSPS) is 24.1. The fourth-order valence-electron chi connectivity index (χ4n) is 4.32. The Kier molecular flexibility index (Phi) is 3.21. The highest BCUT2D eigenvalue weighted by Gasteiger charge is 2.43. The molecular formula is C19H20ClNO. The van der Waals surface area contributed by atoms with E-state index < -0.39 is 0 Å². The van der Waals surface area contributed by atoms with Crippen LogP contribution in [0.3, 0.4) is 0 Å². The predicted octanol–water partition coefficient (Wildman–Crippen LogP) is 3.77. The van der Waals surface area contributed by atoms with Crippen LogP contribution in [0.15, 0.2) is 36.4 Å². The average Bonchev–Trinajstić information content (AvgIpc) is 2.81. The highest BCUT2D eigenvalue weighted by atomic mass is 35.5. The smallest absolute Gasteiger partial charge is 0.134 e. The number of aryl methyl sites for hydroxylation is 1. The lowest BCUT2D eigenvalue weighted by molar-refractivity contribution is 0.283. The van der Waals surface area contributed by atoms with E-state index in [4.69, 9.17) is 11.6 Å². The van der Waals surface area contributed by atoms with E-state index in [1.165, 1.54) is 22.3 Å². The van der Waals surface area contributed by atoms with Crippen molar-refractivity contribution >= 4 is 11.6 Å². The van der Waals surface area contributed by atoms with Crippen LogP contribution in [-0.2, 0) is 18.3 Å². The van der Waals surface area contributed by atoms with Crippen molar-refractivity contribution in [1.29, 1.82) is 0 Å². The first kappa shape index (κ1) is 14.1. The number of phenols is 1. The Balaban J connectivity index is 1.99. The van der Waals surface area contributed by atoms with E-state index >= 15 is 0 Å². The van der Waals surface area contributed by atoms with Gasteiger partial charge in [-0.15, -0.1) is 0 Å². The molecule has 2 aromatic carbocycles. The van der Waals surface area contributed by atoms with Gasteiger partial charge in [0, 0.05) is 18.5 Å². The topological polar surface area (TPSA) is 23.5 Å². The summed E-state index contributed by atoms with van der Waals surface area (Å²) in [7, 11) is 2.19. The number of benzene rings is 2. The first-order chi connectivity index (χ1) is 10.6. The van der Waals surface area contributed by atoms with Crippen molar-refractivity contribution in [2.75, 3.05) is 20.1 Å². The third kappa shape index (κ3) is 1.98. The highest BCUT2D eigenvalue weighted by molar-refractivity contribution is 6.32. The molecule has 0 saturated heterocycles. The van der Waals surface area contributed by atoms with Gasteiger partial charge >= 0.3 is 0 Å². The van der Waals surface area contributed by atoms with E-state index in [9.17, 15) is 5.11 Å². The lowest BCUT2D eigenvalue weighted by atomic mass is 9.73. The molecule has 1 spiro atoms. The number of hydrogen-bond donors (Lipinski definition) is 1. The Morgan fingerprint density at radius 2 is 1.91 bits per heavy atom. The average molecular weight is 314 g/mol. The predicted molar refractivity (Wildman–Crippen MR) is 89.9 cm³/mol. The fourth-order valence-corrected chi connectivity index (χ4v) is 4.51. The third-order valence-electron chi connectivity index (χ3n) is 5.34. The van der Waals surface area contributed by atoms with Crippen LogP contribution in [-0.4, -0.2) is 30.1 Å². The van der Waals surface area contributed by atoms with Crippen molar-refractivity contribution in [2.24, 2.45) is 0 Å². The molecule has 0 fully saturated rings. The quantitative estimate of drug-likeness (QED) is 0.800. The second-order valence-corrected chi connectivity index (χ2v) is 7.10. The molecule has 2 aliphatic rings. The summed E-state index contributed by atoms with van der Waals surface area (Å²) in [4.78, 5) is 2.41. The van der Waals surface area contributed by atoms with Crippen LogP contribution in [0, 0.1) is 0 Å². The second kappa shape index (κ2) is 5.00. The maximum atomic E-state index is 10.2. The first-order valence-corrected chi connectivity index (χ1v) is 8.27. The van der Waals surface area contributed by atoms with Gasteiger partial charge in [-0.25, -0.2) is 0 Å². The number of likely N-dealkylation sites (N-methyl/N-ethyl adjacent to an activating group) is 1. The number of hydrogen-bond acceptors (Lipinski definition) is 2. The summed E-state index contributed by atoms with van der Waals surface area (Å²) in [6.07, 6.45) is 3.19. The Bertz CT molecular complexity index is 742. The van der Waals surface area contributed by atoms with Gasteiger partial charge < -0.3 is 10.0 Å². The van der Waals surface area contributed by atoms with Crippen molar-refractivity contribution in [3.63, 3.8) is 0 Å². The van der Waals surface area contributed by atoms with Gasteiger partial charge in [0.15, 0.2) is 0 Å². The van der Waals surface area contributed by atoms with E-state index in [-0.39, 0.29) is 11.2 Å². The van der Waals surface area contributed by atoms with Crippen LogP contribution >= 0.6 is 11.6 Å². The zero-order valence-corrected chi connectivity index (χ0v) is 13.5. The van der Waals surface area contributed by atoms with Gasteiger partial charge in [0.05, 0.1) is 5.02 Å². The maximum Gasteiger partial charge on any atom is 0.134 e. The third-order valence-corrected chi connectivity index (χ3v) is 5.65. The Morgan fingerprint density at radius 1 is 1.09 bits per heavy atom. The van der Waals surface area contributed by atoms with Crippen LogP contribution in [0.25, 0.3) is 0 Å². The molecule has 4 rings (SSSR count). The molecule has 22 heavy (non-hydrogen) atoms. The summed E-state index contributed by atoms with van der Waals surface area (Å²) < 4.78 is 0. The van der Waals surface area contributed by atoms with Crippen LogP contribution in [0.1, 0.15) is 28.7 Å². The largest absolute Gasteiger partial charge is 0.506 e. The summed E-state index contributed by atoms with van der Waals surface area (Å²) in [6, 6.07) is 12.6.